The van der Waals surface area contributed by atoms with Gasteiger partial charge in [0.1, 0.15) is 18.4 Å². The molecule has 7 nitrogen and oxygen atoms in total. The molecule has 33 heavy (non-hydrogen) atoms. The molecule has 2 heterocycles. The maximum Gasteiger partial charge on any atom is 0.410 e. The first kappa shape index (κ1) is 22.9. The molecular formula is C22H17ClF2N2O5S. The molecule has 0 aliphatic carbocycles. The molecule has 172 valence electrons. The van der Waals surface area contributed by atoms with Gasteiger partial charge in [-0.25, -0.2) is 23.4 Å². The number of carbonyl (C=O) groups is 2. The third-order valence-corrected chi connectivity index (χ3v) is 6.22. The van der Waals surface area contributed by atoms with Crippen molar-refractivity contribution in [3.63, 3.8) is 0 Å². The minimum atomic E-state index is -1.16. The van der Waals surface area contributed by atoms with E-state index in [1.54, 1.807) is 17.6 Å². The first-order valence-electron chi connectivity index (χ1n) is 9.77. The maximum atomic E-state index is 14.0. The molecule has 0 fully saturated rings. The van der Waals surface area contributed by atoms with Crippen LogP contribution in [0.15, 0.2) is 41.9 Å². The Morgan fingerprint density at radius 1 is 1.27 bits per heavy atom. The number of hydrogen-bond donors (Lipinski definition) is 1. The summed E-state index contributed by atoms with van der Waals surface area (Å²) < 4.78 is 38.2. The number of ether oxygens (including phenoxy) is 2. The second-order valence-corrected chi connectivity index (χ2v) is 8.46. The van der Waals surface area contributed by atoms with Crippen molar-refractivity contribution < 1.29 is 33.0 Å². The Labute approximate surface area is 196 Å². The van der Waals surface area contributed by atoms with E-state index in [4.69, 9.17) is 26.2 Å². The molecule has 11 heteroatoms. The molecular weight excluding hydrogens is 478 g/mol. The zero-order valence-corrected chi connectivity index (χ0v) is 18.5. The van der Waals surface area contributed by atoms with E-state index in [0.717, 1.165) is 16.6 Å². The van der Waals surface area contributed by atoms with E-state index in [9.17, 15) is 18.4 Å². The average molecular weight is 495 g/mol. The van der Waals surface area contributed by atoms with E-state index in [1.807, 2.05) is 0 Å². The van der Waals surface area contributed by atoms with Crippen molar-refractivity contribution in [2.45, 2.75) is 19.1 Å². The average Bonchev–Trinajstić information content (AvgIpc) is 3.27. The Morgan fingerprint density at radius 2 is 2.09 bits per heavy atom. The number of fused-ring (bicyclic) bond motifs is 1. The number of hydrogen-bond acceptors (Lipinski definition) is 6. The van der Waals surface area contributed by atoms with Gasteiger partial charge in [-0.05, 0) is 24.3 Å². The summed E-state index contributed by atoms with van der Waals surface area (Å²) in [6.07, 6.45) is -0.295. The molecule has 3 aromatic rings. The van der Waals surface area contributed by atoms with Crippen LogP contribution in [0.3, 0.4) is 0 Å². The van der Waals surface area contributed by atoms with Gasteiger partial charge in [-0.2, -0.15) is 0 Å². The van der Waals surface area contributed by atoms with Crippen LogP contribution >= 0.6 is 22.9 Å². The number of amides is 1. The molecule has 1 amide bonds. The molecule has 1 aliphatic heterocycles. The quantitative estimate of drug-likeness (QED) is 0.528. The van der Waals surface area contributed by atoms with Gasteiger partial charge in [0.25, 0.3) is 0 Å². The molecule has 0 spiro atoms. The number of nitrogens with zero attached hydrogens (tertiary/aromatic N) is 2. The lowest BCUT2D eigenvalue weighted by Gasteiger charge is -2.35. The summed E-state index contributed by atoms with van der Waals surface area (Å²) >= 11 is 7.53. The number of aliphatic carboxylic acids is 1. The van der Waals surface area contributed by atoms with E-state index < -0.39 is 43.0 Å². The van der Waals surface area contributed by atoms with Gasteiger partial charge in [0.05, 0.1) is 16.1 Å². The van der Waals surface area contributed by atoms with Crippen LogP contribution in [0.1, 0.15) is 27.7 Å². The summed E-state index contributed by atoms with van der Waals surface area (Å²) in [7, 11) is 0. The van der Waals surface area contributed by atoms with Crippen molar-refractivity contribution in [1.29, 1.82) is 0 Å². The van der Waals surface area contributed by atoms with Gasteiger partial charge in [0.2, 0.25) is 0 Å². The van der Waals surface area contributed by atoms with Crippen LogP contribution < -0.4 is 4.74 Å². The maximum absolute atomic E-state index is 14.0. The van der Waals surface area contributed by atoms with Crippen molar-refractivity contribution in [3.8, 4) is 5.75 Å². The fraction of sp³-hybridized carbons (Fsp3) is 0.227. The van der Waals surface area contributed by atoms with Gasteiger partial charge in [-0.15, -0.1) is 11.3 Å². The number of carboxylic acid groups (broad SMARTS) is 1. The van der Waals surface area contributed by atoms with Gasteiger partial charge in [0, 0.05) is 29.1 Å². The first-order chi connectivity index (χ1) is 15.8. The van der Waals surface area contributed by atoms with Gasteiger partial charge in [0.15, 0.2) is 18.2 Å². The van der Waals surface area contributed by atoms with Gasteiger partial charge < -0.3 is 14.6 Å². The van der Waals surface area contributed by atoms with Crippen LogP contribution in [0.2, 0.25) is 5.02 Å². The fourth-order valence-electron chi connectivity index (χ4n) is 3.58. The molecule has 1 atom stereocenters. The molecule has 0 saturated heterocycles. The molecule has 0 unspecified atom stereocenters. The lowest BCUT2D eigenvalue weighted by Crippen LogP contribution is -2.40. The number of aromatic nitrogens is 1. The number of carboxylic acids is 1. The highest BCUT2D eigenvalue weighted by molar-refractivity contribution is 7.09. The summed E-state index contributed by atoms with van der Waals surface area (Å²) in [5, 5.41) is 9.38. The third-order valence-electron chi connectivity index (χ3n) is 5.06. The van der Waals surface area contributed by atoms with Crippen molar-refractivity contribution in [1.82, 2.24) is 9.88 Å². The second kappa shape index (κ2) is 9.72. The van der Waals surface area contributed by atoms with Crippen LogP contribution in [0.25, 0.3) is 0 Å². The first-order valence-corrected chi connectivity index (χ1v) is 11.0. The Morgan fingerprint density at radius 3 is 2.88 bits per heavy atom. The Hall–Kier alpha value is -3.24. The SMILES string of the molecule is O=C(O)COc1ccc(Cl)cc1[C@@H]1c2scnc2CCN1C(=O)OCc1cccc(F)c1F. The minimum Gasteiger partial charge on any atom is -0.482 e. The fourth-order valence-corrected chi connectivity index (χ4v) is 4.73. The smallest absolute Gasteiger partial charge is 0.410 e. The predicted molar refractivity (Wildman–Crippen MR) is 115 cm³/mol. The van der Waals surface area contributed by atoms with E-state index in [-0.39, 0.29) is 17.9 Å². The molecule has 0 saturated carbocycles. The molecule has 4 rings (SSSR count). The van der Waals surface area contributed by atoms with Crippen LogP contribution in [-0.4, -0.2) is 40.2 Å². The van der Waals surface area contributed by atoms with E-state index in [0.29, 0.717) is 17.0 Å². The molecule has 0 bridgehead atoms. The highest BCUT2D eigenvalue weighted by Crippen LogP contribution is 2.42. The molecule has 0 radical (unpaired) electrons. The largest absolute Gasteiger partial charge is 0.482 e. The van der Waals surface area contributed by atoms with Gasteiger partial charge in [-0.3, -0.25) is 4.90 Å². The summed E-state index contributed by atoms with van der Waals surface area (Å²) in [5.41, 5.74) is 2.80. The van der Waals surface area contributed by atoms with Gasteiger partial charge in [-0.1, -0.05) is 23.7 Å². The lowest BCUT2D eigenvalue weighted by atomic mass is 9.97. The Balaban J connectivity index is 1.66. The predicted octanol–water partition coefficient (Wildman–Crippen LogP) is 4.82. The number of halogens is 3. The van der Waals surface area contributed by atoms with E-state index in [2.05, 4.69) is 4.98 Å². The zero-order chi connectivity index (χ0) is 23.5. The Kier molecular flexibility index (Phi) is 6.75. The topological polar surface area (TPSA) is 89.0 Å². The van der Waals surface area contributed by atoms with Crippen LogP contribution in [0.5, 0.6) is 5.75 Å². The normalized spacial score (nSPS) is 15.1. The number of benzene rings is 2. The minimum absolute atomic E-state index is 0.0939. The standard InChI is InChI=1S/C22H17ClF2N2O5S/c23-13-4-5-17(31-10-18(28)29)14(8-13)20-21-16(26-11-33-21)6-7-27(20)22(30)32-9-12-2-1-3-15(24)19(12)25/h1-5,8,11,20H,6-7,9-10H2,(H,28,29)/t20-/m1/s1. The van der Waals surface area contributed by atoms with Crippen molar-refractivity contribution in [2.75, 3.05) is 13.2 Å². The third kappa shape index (κ3) is 4.91. The Bertz CT molecular complexity index is 1210. The summed E-state index contributed by atoms with van der Waals surface area (Å²) in [5.74, 6) is -3.04. The van der Waals surface area contributed by atoms with Crippen molar-refractivity contribution >= 4 is 35.0 Å². The highest BCUT2D eigenvalue weighted by Gasteiger charge is 2.37. The van der Waals surface area contributed by atoms with E-state index in [1.165, 1.54) is 34.4 Å². The molecule has 1 N–H and O–H groups in total. The van der Waals surface area contributed by atoms with E-state index >= 15 is 0 Å². The number of carbonyl (C=O) groups excluding carboxylic acids is 1. The second-order valence-electron chi connectivity index (χ2n) is 7.14. The van der Waals surface area contributed by atoms with Crippen LogP contribution in [0.4, 0.5) is 13.6 Å². The van der Waals surface area contributed by atoms with Gasteiger partial charge >= 0.3 is 12.1 Å². The summed E-state index contributed by atoms with van der Waals surface area (Å²) in [6, 6.07) is 7.58. The van der Waals surface area contributed by atoms with Crippen molar-refractivity contribution in [2.24, 2.45) is 0 Å². The monoisotopic (exact) mass is 494 g/mol. The van der Waals surface area contributed by atoms with Crippen LogP contribution in [0, 0.1) is 11.6 Å². The summed E-state index contributed by atoms with van der Waals surface area (Å²) in [6.45, 7) is -0.809. The molecule has 2 aromatic carbocycles. The summed E-state index contributed by atoms with van der Waals surface area (Å²) in [4.78, 5) is 30.6. The zero-order valence-electron chi connectivity index (χ0n) is 17.0. The lowest BCUT2D eigenvalue weighted by molar-refractivity contribution is -0.139. The van der Waals surface area contributed by atoms with Crippen molar-refractivity contribution in [3.05, 3.63) is 80.3 Å². The van der Waals surface area contributed by atoms with Crippen LogP contribution in [-0.2, 0) is 22.6 Å². The number of rotatable bonds is 6. The molecule has 1 aliphatic rings. The highest BCUT2D eigenvalue weighted by atomic mass is 35.5. The molecule has 1 aromatic heterocycles. The number of thiazole rings is 1.